The molecule has 136 valence electrons. The molecule has 0 fully saturated rings. The number of aryl methyl sites for hydroxylation is 1. The molecule has 24 heavy (non-hydrogen) atoms. The SMILES string of the molecule is Cc1ccc(S(=O)(=O)SCOCCOCC(=O)OC(C)(C)C)cc1. The fourth-order valence-corrected chi connectivity index (χ4v) is 3.82. The Bertz CT molecular complexity index is 617. The molecule has 0 saturated carbocycles. The predicted octanol–water partition coefficient (Wildman–Crippen LogP) is 2.75. The summed E-state index contributed by atoms with van der Waals surface area (Å²) in [6.45, 7) is 7.45. The lowest BCUT2D eigenvalue weighted by atomic mass is 10.2. The highest BCUT2D eigenvalue weighted by atomic mass is 33.1. The van der Waals surface area contributed by atoms with E-state index in [9.17, 15) is 13.2 Å². The predicted molar refractivity (Wildman–Crippen MR) is 93.4 cm³/mol. The number of ether oxygens (including phenoxy) is 3. The average molecular weight is 376 g/mol. The Balaban J connectivity index is 2.18. The molecule has 0 atom stereocenters. The third-order valence-corrected chi connectivity index (χ3v) is 5.83. The summed E-state index contributed by atoms with van der Waals surface area (Å²) in [6.07, 6.45) is 0. The van der Waals surface area contributed by atoms with Gasteiger partial charge in [-0.2, -0.15) is 0 Å². The van der Waals surface area contributed by atoms with Gasteiger partial charge in [-0.05, 0) is 39.8 Å². The van der Waals surface area contributed by atoms with Crippen LogP contribution in [0, 0.1) is 6.92 Å². The molecule has 0 unspecified atom stereocenters. The topological polar surface area (TPSA) is 78.9 Å². The fourth-order valence-electron chi connectivity index (χ4n) is 1.57. The van der Waals surface area contributed by atoms with Crippen molar-refractivity contribution in [3.63, 3.8) is 0 Å². The minimum Gasteiger partial charge on any atom is -0.458 e. The van der Waals surface area contributed by atoms with E-state index in [0.717, 1.165) is 5.56 Å². The number of carbonyl (C=O) groups excluding carboxylic acids is 1. The maximum absolute atomic E-state index is 12.0. The van der Waals surface area contributed by atoms with Crippen LogP contribution < -0.4 is 0 Å². The van der Waals surface area contributed by atoms with E-state index in [4.69, 9.17) is 14.2 Å². The summed E-state index contributed by atoms with van der Waals surface area (Å²) in [6, 6.07) is 6.64. The average Bonchev–Trinajstić information content (AvgIpc) is 2.44. The molecule has 0 aliphatic rings. The highest BCUT2D eigenvalue weighted by Gasteiger charge is 2.16. The minimum absolute atomic E-state index is 0.00793. The molecular formula is C16H24O6S2. The Morgan fingerprint density at radius 1 is 1.08 bits per heavy atom. The molecule has 0 saturated heterocycles. The number of benzene rings is 1. The van der Waals surface area contributed by atoms with Gasteiger partial charge in [0, 0.05) is 10.8 Å². The summed E-state index contributed by atoms with van der Waals surface area (Å²) < 4.78 is 39.5. The molecule has 0 radical (unpaired) electrons. The van der Waals surface area contributed by atoms with Gasteiger partial charge in [-0.1, -0.05) is 17.7 Å². The van der Waals surface area contributed by atoms with Crippen LogP contribution in [0.15, 0.2) is 29.2 Å². The first-order valence-corrected chi connectivity index (χ1v) is 10.4. The van der Waals surface area contributed by atoms with Gasteiger partial charge >= 0.3 is 5.97 Å². The number of carbonyl (C=O) groups is 1. The fraction of sp³-hybridized carbons (Fsp3) is 0.562. The molecule has 1 aromatic carbocycles. The number of hydrogen-bond acceptors (Lipinski definition) is 7. The van der Waals surface area contributed by atoms with Crippen molar-refractivity contribution in [2.24, 2.45) is 0 Å². The van der Waals surface area contributed by atoms with Crippen molar-refractivity contribution < 1.29 is 27.4 Å². The van der Waals surface area contributed by atoms with Crippen LogP contribution in [-0.4, -0.2) is 45.7 Å². The molecule has 0 aliphatic heterocycles. The first-order chi connectivity index (χ1) is 11.1. The van der Waals surface area contributed by atoms with Crippen molar-refractivity contribution in [3.05, 3.63) is 29.8 Å². The molecule has 0 aromatic heterocycles. The molecule has 6 nitrogen and oxygen atoms in total. The lowest BCUT2D eigenvalue weighted by Gasteiger charge is -2.19. The Morgan fingerprint density at radius 2 is 1.67 bits per heavy atom. The van der Waals surface area contributed by atoms with Crippen molar-refractivity contribution in [2.75, 3.05) is 25.8 Å². The van der Waals surface area contributed by atoms with Gasteiger partial charge in [0.1, 0.15) is 18.1 Å². The van der Waals surface area contributed by atoms with Crippen molar-refractivity contribution in [3.8, 4) is 0 Å². The summed E-state index contributed by atoms with van der Waals surface area (Å²) in [7, 11) is -2.71. The van der Waals surface area contributed by atoms with Crippen LogP contribution >= 0.6 is 10.8 Å². The minimum atomic E-state index is -3.43. The summed E-state index contributed by atoms with van der Waals surface area (Å²) in [4.78, 5) is 11.6. The van der Waals surface area contributed by atoms with E-state index in [1.807, 2.05) is 6.92 Å². The van der Waals surface area contributed by atoms with E-state index in [1.165, 1.54) is 0 Å². The largest absolute Gasteiger partial charge is 0.458 e. The zero-order valence-electron chi connectivity index (χ0n) is 14.4. The van der Waals surface area contributed by atoms with Crippen LogP contribution in [0.1, 0.15) is 26.3 Å². The smallest absolute Gasteiger partial charge is 0.332 e. The van der Waals surface area contributed by atoms with Gasteiger partial charge in [0.25, 0.3) is 0 Å². The van der Waals surface area contributed by atoms with Gasteiger partial charge < -0.3 is 14.2 Å². The van der Waals surface area contributed by atoms with Crippen LogP contribution in [0.5, 0.6) is 0 Å². The maximum Gasteiger partial charge on any atom is 0.332 e. The molecular weight excluding hydrogens is 352 g/mol. The number of hydrogen-bond donors (Lipinski definition) is 0. The van der Waals surface area contributed by atoms with Crippen LogP contribution in [0.2, 0.25) is 0 Å². The Hall–Kier alpha value is -1.09. The standard InChI is InChI=1S/C16H24O6S2/c1-13-5-7-14(8-6-13)24(18,19)23-12-21-10-9-20-11-15(17)22-16(2,3)4/h5-8H,9-12H2,1-4H3. The van der Waals surface area contributed by atoms with Crippen molar-refractivity contribution in [1.29, 1.82) is 0 Å². The van der Waals surface area contributed by atoms with E-state index in [0.29, 0.717) is 10.8 Å². The highest BCUT2D eigenvalue weighted by molar-refractivity contribution is 8.72. The van der Waals surface area contributed by atoms with Crippen LogP contribution in [0.25, 0.3) is 0 Å². The Kier molecular flexibility index (Phi) is 8.21. The molecule has 8 heteroatoms. The summed E-state index contributed by atoms with van der Waals surface area (Å²) >= 11 is 0. The number of rotatable bonds is 9. The van der Waals surface area contributed by atoms with Crippen LogP contribution in [-0.2, 0) is 27.9 Å². The van der Waals surface area contributed by atoms with Gasteiger partial charge in [-0.15, -0.1) is 0 Å². The third kappa shape index (κ3) is 8.68. The molecule has 0 heterocycles. The van der Waals surface area contributed by atoms with Crippen molar-refractivity contribution in [1.82, 2.24) is 0 Å². The highest BCUT2D eigenvalue weighted by Crippen LogP contribution is 2.23. The van der Waals surface area contributed by atoms with E-state index >= 15 is 0 Å². The second-order valence-electron chi connectivity index (χ2n) is 6.05. The van der Waals surface area contributed by atoms with Crippen molar-refractivity contribution in [2.45, 2.75) is 38.2 Å². The van der Waals surface area contributed by atoms with Gasteiger partial charge in [0.2, 0.25) is 8.87 Å². The second-order valence-corrected chi connectivity index (χ2v) is 9.92. The first-order valence-electron chi connectivity index (χ1n) is 7.43. The Morgan fingerprint density at radius 3 is 2.25 bits per heavy atom. The quantitative estimate of drug-likeness (QED) is 0.284. The molecule has 0 amide bonds. The van der Waals surface area contributed by atoms with E-state index in [1.54, 1.807) is 45.0 Å². The Labute approximate surface area is 147 Å². The van der Waals surface area contributed by atoms with Crippen LogP contribution in [0.4, 0.5) is 0 Å². The molecule has 0 bridgehead atoms. The van der Waals surface area contributed by atoms with Gasteiger partial charge in [0.15, 0.2) is 0 Å². The zero-order valence-corrected chi connectivity index (χ0v) is 16.0. The van der Waals surface area contributed by atoms with Crippen LogP contribution in [0.3, 0.4) is 0 Å². The summed E-state index contributed by atoms with van der Waals surface area (Å²) in [5.41, 5.74) is 0.454. The second kappa shape index (κ2) is 9.41. The third-order valence-electron chi connectivity index (χ3n) is 2.61. The lowest BCUT2D eigenvalue weighted by Crippen LogP contribution is -2.27. The molecule has 0 spiro atoms. The first kappa shape index (κ1) is 21.0. The van der Waals surface area contributed by atoms with Gasteiger partial charge in [-0.25, -0.2) is 13.2 Å². The van der Waals surface area contributed by atoms with Gasteiger partial charge in [0.05, 0.1) is 18.1 Å². The van der Waals surface area contributed by atoms with E-state index in [-0.39, 0.29) is 30.7 Å². The normalized spacial score (nSPS) is 12.2. The lowest BCUT2D eigenvalue weighted by molar-refractivity contribution is -0.160. The van der Waals surface area contributed by atoms with E-state index in [2.05, 4.69) is 0 Å². The van der Waals surface area contributed by atoms with Gasteiger partial charge in [-0.3, -0.25) is 0 Å². The zero-order chi connectivity index (χ0) is 18.2. The summed E-state index contributed by atoms with van der Waals surface area (Å²) in [5, 5.41) is 0. The molecule has 0 aliphatic carbocycles. The number of esters is 1. The monoisotopic (exact) mass is 376 g/mol. The molecule has 1 rings (SSSR count). The maximum atomic E-state index is 12.0. The summed E-state index contributed by atoms with van der Waals surface area (Å²) in [5.74, 6) is -0.453. The van der Waals surface area contributed by atoms with Crippen molar-refractivity contribution >= 4 is 25.6 Å². The van der Waals surface area contributed by atoms with E-state index < -0.39 is 20.4 Å². The molecule has 1 aromatic rings. The molecule has 0 N–H and O–H groups in total.